The Bertz CT molecular complexity index is 1090. The van der Waals surface area contributed by atoms with Gasteiger partial charge in [-0.25, -0.2) is 18.5 Å². The first-order valence-corrected chi connectivity index (χ1v) is 10.6. The zero-order chi connectivity index (χ0) is 19.6. The molecule has 3 aromatic rings. The predicted molar refractivity (Wildman–Crippen MR) is 106 cm³/mol. The van der Waals surface area contributed by atoms with Crippen molar-refractivity contribution in [1.82, 2.24) is 10.3 Å². The number of thiazole rings is 1. The largest absolute Gasteiger partial charge is 0.347 e. The van der Waals surface area contributed by atoms with Crippen molar-refractivity contribution in [2.75, 3.05) is 0 Å². The van der Waals surface area contributed by atoms with Crippen molar-refractivity contribution >= 4 is 27.3 Å². The van der Waals surface area contributed by atoms with Crippen LogP contribution in [0.5, 0.6) is 0 Å². The first-order valence-electron chi connectivity index (χ1n) is 8.19. The minimum atomic E-state index is -3.77. The van der Waals surface area contributed by atoms with E-state index in [-0.39, 0.29) is 10.8 Å². The van der Waals surface area contributed by atoms with E-state index in [0.29, 0.717) is 12.1 Å². The number of rotatable bonds is 5. The Kier molecular flexibility index (Phi) is 5.41. The number of carbonyl (C=O) groups is 1. The smallest absolute Gasteiger partial charge is 0.251 e. The number of aromatic nitrogens is 1. The first-order chi connectivity index (χ1) is 12.8. The van der Waals surface area contributed by atoms with Crippen LogP contribution in [0.1, 0.15) is 26.5 Å². The Morgan fingerprint density at radius 2 is 1.78 bits per heavy atom. The Morgan fingerprint density at radius 1 is 1.11 bits per heavy atom. The van der Waals surface area contributed by atoms with Gasteiger partial charge in [0.2, 0.25) is 10.0 Å². The second-order valence-electron chi connectivity index (χ2n) is 6.09. The average molecular weight is 402 g/mol. The number of hydrogen-bond donors (Lipinski definition) is 2. The molecular weight excluding hydrogens is 382 g/mol. The van der Waals surface area contributed by atoms with E-state index < -0.39 is 10.0 Å². The molecule has 0 spiro atoms. The van der Waals surface area contributed by atoms with E-state index in [1.165, 1.54) is 24.3 Å². The number of benzene rings is 2. The van der Waals surface area contributed by atoms with Gasteiger partial charge in [0.25, 0.3) is 5.91 Å². The topological polar surface area (TPSA) is 102 Å². The fraction of sp³-hybridized carbons (Fsp3) is 0.158. The average Bonchev–Trinajstić information content (AvgIpc) is 3.00. The second kappa shape index (κ2) is 7.59. The molecule has 0 bridgehead atoms. The van der Waals surface area contributed by atoms with Gasteiger partial charge in [0.1, 0.15) is 5.01 Å². The molecule has 1 aromatic heterocycles. The van der Waals surface area contributed by atoms with Crippen molar-refractivity contribution in [2.45, 2.75) is 25.3 Å². The number of sulfonamides is 1. The minimum Gasteiger partial charge on any atom is -0.347 e. The summed E-state index contributed by atoms with van der Waals surface area (Å²) in [6, 6.07) is 13.5. The van der Waals surface area contributed by atoms with Crippen LogP contribution in [0, 0.1) is 13.8 Å². The molecule has 2 aromatic carbocycles. The van der Waals surface area contributed by atoms with Crippen LogP contribution in [0.2, 0.25) is 0 Å². The van der Waals surface area contributed by atoms with Crippen LogP contribution in [0.15, 0.2) is 53.4 Å². The van der Waals surface area contributed by atoms with E-state index in [1.807, 2.05) is 38.1 Å². The summed E-state index contributed by atoms with van der Waals surface area (Å²) < 4.78 is 22.6. The lowest BCUT2D eigenvalue weighted by atomic mass is 10.1. The number of nitrogens with one attached hydrogen (secondary N) is 1. The second-order valence-corrected chi connectivity index (χ2v) is 8.74. The van der Waals surface area contributed by atoms with Crippen LogP contribution in [0.25, 0.3) is 10.6 Å². The molecule has 0 radical (unpaired) electrons. The third-order valence-corrected chi connectivity index (χ3v) is 6.24. The van der Waals surface area contributed by atoms with Crippen molar-refractivity contribution in [3.63, 3.8) is 0 Å². The molecule has 8 heteroatoms. The molecule has 27 heavy (non-hydrogen) atoms. The number of aryl methyl sites for hydroxylation is 2. The fourth-order valence-corrected chi connectivity index (χ4v) is 4.19. The molecule has 0 atom stereocenters. The quantitative estimate of drug-likeness (QED) is 0.686. The minimum absolute atomic E-state index is 0.0276. The van der Waals surface area contributed by atoms with Crippen molar-refractivity contribution in [3.8, 4) is 10.6 Å². The summed E-state index contributed by atoms with van der Waals surface area (Å²) in [6.45, 7) is 4.31. The predicted octanol–water partition coefficient (Wildman–Crippen LogP) is 3.00. The first kappa shape index (κ1) is 19.2. The normalized spacial score (nSPS) is 11.4. The molecular formula is C19H19N3O3S2. The molecule has 1 heterocycles. The van der Waals surface area contributed by atoms with E-state index in [9.17, 15) is 13.2 Å². The summed E-state index contributed by atoms with van der Waals surface area (Å²) in [5.74, 6) is -0.291. The molecule has 0 aliphatic heterocycles. The standard InChI is InChI=1S/C19H19N3O3S2/c1-12-5-3-4-6-16(12)19-22-13(2)17(26-19)11-21-18(23)14-7-9-15(10-8-14)27(20,24)25/h3-10H,11H2,1-2H3,(H,21,23)(H2,20,24,25). The van der Waals surface area contributed by atoms with Crippen molar-refractivity contribution in [3.05, 3.63) is 70.2 Å². The van der Waals surface area contributed by atoms with Gasteiger partial charge < -0.3 is 5.32 Å². The molecule has 6 nitrogen and oxygen atoms in total. The summed E-state index contributed by atoms with van der Waals surface area (Å²) in [5.41, 5.74) is 3.48. The third-order valence-electron chi connectivity index (χ3n) is 4.12. The Labute approximate surface area is 162 Å². The van der Waals surface area contributed by atoms with Crippen LogP contribution in [-0.4, -0.2) is 19.3 Å². The van der Waals surface area contributed by atoms with Gasteiger partial charge in [-0.3, -0.25) is 4.79 Å². The zero-order valence-electron chi connectivity index (χ0n) is 14.9. The molecule has 140 valence electrons. The fourth-order valence-electron chi connectivity index (χ4n) is 2.58. The molecule has 1 amide bonds. The molecule has 0 fully saturated rings. The molecule has 3 N–H and O–H groups in total. The summed E-state index contributed by atoms with van der Waals surface area (Å²) >= 11 is 1.55. The highest BCUT2D eigenvalue weighted by molar-refractivity contribution is 7.89. The number of carbonyl (C=O) groups excluding carboxylic acids is 1. The number of hydrogen-bond acceptors (Lipinski definition) is 5. The molecule has 0 aliphatic carbocycles. The van der Waals surface area contributed by atoms with Crippen LogP contribution >= 0.6 is 11.3 Å². The third kappa shape index (κ3) is 4.41. The Hall–Kier alpha value is -2.55. The number of primary sulfonamides is 1. The summed E-state index contributed by atoms with van der Waals surface area (Å²) in [7, 11) is -3.77. The van der Waals surface area contributed by atoms with Gasteiger partial charge in [0.15, 0.2) is 0 Å². The maximum Gasteiger partial charge on any atom is 0.251 e. The van der Waals surface area contributed by atoms with Gasteiger partial charge in [-0.2, -0.15) is 0 Å². The molecule has 0 unspecified atom stereocenters. The summed E-state index contributed by atoms with van der Waals surface area (Å²) in [4.78, 5) is 17.9. The zero-order valence-corrected chi connectivity index (χ0v) is 16.5. The molecule has 3 rings (SSSR count). The van der Waals surface area contributed by atoms with Gasteiger partial charge in [0.05, 0.1) is 17.1 Å². The van der Waals surface area contributed by atoms with Crippen LogP contribution < -0.4 is 10.5 Å². The lowest BCUT2D eigenvalue weighted by molar-refractivity contribution is 0.0951. The van der Waals surface area contributed by atoms with E-state index in [0.717, 1.165) is 26.7 Å². The number of nitrogens with two attached hydrogens (primary N) is 1. The van der Waals surface area contributed by atoms with Gasteiger partial charge in [-0.05, 0) is 43.7 Å². The van der Waals surface area contributed by atoms with Crippen LogP contribution in [0.4, 0.5) is 0 Å². The number of nitrogens with zero attached hydrogens (tertiary/aromatic N) is 1. The van der Waals surface area contributed by atoms with Crippen LogP contribution in [-0.2, 0) is 16.6 Å². The van der Waals surface area contributed by atoms with Crippen molar-refractivity contribution < 1.29 is 13.2 Å². The maximum atomic E-state index is 12.3. The summed E-state index contributed by atoms with van der Waals surface area (Å²) in [6.07, 6.45) is 0. The lowest BCUT2D eigenvalue weighted by Crippen LogP contribution is -2.22. The van der Waals surface area contributed by atoms with E-state index >= 15 is 0 Å². The van der Waals surface area contributed by atoms with Crippen molar-refractivity contribution in [1.29, 1.82) is 0 Å². The van der Waals surface area contributed by atoms with Crippen molar-refractivity contribution in [2.24, 2.45) is 5.14 Å². The van der Waals surface area contributed by atoms with Gasteiger partial charge in [-0.15, -0.1) is 11.3 Å². The highest BCUT2D eigenvalue weighted by atomic mass is 32.2. The van der Waals surface area contributed by atoms with E-state index in [1.54, 1.807) is 11.3 Å². The molecule has 0 saturated heterocycles. The SMILES string of the molecule is Cc1ccccc1-c1nc(C)c(CNC(=O)c2ccc(S(N)(=O)=O)cc2)s1. The van der Waals surface area contributed by atoms with E-state index in [2.05, 4.69) is 10.3 Å². The lowest BCUT2D eigenvalue weighted by Gasteiger charge is -2.05. The monoisotopic (exact) mass is 401 g/mol. The van der Waals surface area contributed by atoms with Gasteiger partial charge >= 0.3 is 0 Å². The highest BCUT2D eigenvalue weighted by Crippen LogP contribution is 2.30. The van der Waals surface area contributed by atoms with Gasteiger partial charge in [0, 0.05) is 16.0 Å². The summed E-state index contributed by atoms with van der Waals surface area (Å²) in [5, 5.41) is 8.83. The van der Waals surface area contributed by atoms with Crippen LogP contribution in [0.3, 0.4) is 0 Å². The number of amides is 1. The Morgan fingerprint density at radius 3 is 2.41 bits per heavy atom. The molecule has 0 aliphatic rings. The maximum absolute atomic E-state index is 12.3. The van der Waals surface area contributed by atoms with Gasteiger partial charge in [-0.1, -0.05) is 24.3 Å². The van der Waals surface area contributed by atoms with E-state index in [4.69, 9.17) is 5.14 Å². The molecule has 0 saturated carbocycles. The highest BCUT2D eigenvalue weighted by Gasteiger charge is 2.14. The Balaban J connectivity index is 1.72.